The average molecular weight is 198 g/mol. The van der Waals surface area contributed by atoms with Crippen LogP contribution in [0, 0.1) is 0 Å². The Balaban J connectivity index is 2.66. The van der Waals surface area contributed by atoms with Gasteiger partial charge in [0.15, 0.2) is 9.84 Å². The molecule has 1 saturated heterocycles. The van der Waals surface area contributed by atoms with Crippen LogP contribution < -0.4 is 0 Å². The number of alkyl halides is 2. The topological polar surface area (TPSA) is 34.1 Å². The van der Waals surface area contributed by atoms with E-state index in [0.717, 1.165) is 6.92 Å². The highest BCUT2D eigenvalue weighted by atomic mass is 32.2. The molecule has 1 unspecified atom stereocenters. The van der Waals surface area contributed by atoms with Gasteiger partial charge in [0.05, 0.1) is 11.0 Å². The molecule has 1 rings (SSSR count). The molecule has 12 heavy (non-hydrogen) atoms. The predicted molar refractivity (Wildman–Crippen MR) is 42.0 cm³/mol. The van der Waals surface area contributed by atoms with E-state index in [9.17, 15) is 17.2 Å². The minimum Gasteiger partial charge on any atom is -0.229 e. The van der Waals surface area contributed by atoms with Gasteiger partial charge in [0.2, 0.25) is 5.92 Å². The van der Waals surface area contributed by atoms with Crippen LogP contribution >= 0.6 is 0 Å². The third-order valence-corrected chi connectivity index (χ3v) is 4.32. The molecule has 0 spiro atoms. The molecule has 1 heterocycles. The Morgan fingerprint density at radius 3 is 2.42 bits per heavy atom. The van der Waals surface area contributed by atoms with Gasteiger partial charge in [-0.05, 0) is 19.8 Å². The monoisotopic (exact) mass is 198 g/mol. The van der Waals surface area contributed by atoms with Gasteiger partial charge in [0, 0.05) is 6.42 Å². The van der Waals surface area contributed by atoms with E-state index in [-0.39, 0.29) is 5.75 Å². The third-order valence-electron chi connectivity index (χ3n) is 2.05. The van der Waals surface area contributed by atoms with Gasteiger partial charge in [-0.3, -0.25) is 0 Å². The van der Waals surface area contributed by atoms with Crippen LogP contribution in [0.2, 0.25) is 0 Å². The largest absolute Gasteiger partial charge is 0.246 e. The maximum Gasteiger partial charge on any atom is 0.246 e. The SMILES string of the molecule is CC(F)(F)CC1CCCS1(=O)=O. The smallest absolute Gasteiger partial charge is 0.229 e. The molecule has 0 aromatic heterocycles. The van der Waals surface area contributed by atoms with E-state index < -0.39 is 27.4 Å². The first kappa shape index (κ1) is 9.89. The van der Waals surface area contributed by atoms with Crippen molar-refractivity contribution in [1.29, 1.82) is 0 Å². The number of halogens is 2. The molecule has 0 radical (unpaired) electrons. The van der Waals surface area contributed by atoms with Crippen molar-refractivity contribution in [3.05, 3.63) is 0 Å². The molecule has 5 heteroatoms. The summed E-state index contributed by atoms with van der Waals surface area (Å²) in [5.74, 6) is -2.78. The molecule has 0 aliphatic carbocycles. The molecule has 1 aliphatic rings. The minimum atomic E-state index is -3.20. The molecule has 0 bridgehead atoms. The van der Waals surface area contributed by atoms with Crippen molar-refractivity contribution in [2.24, 2.45) is 0 Å². The number of hydrogen-bond acceptors (Lipinski definition) is 2. The Kier molecular flexibility index (Phi) is 2.42. The minimum absolute atomic E-state index is 0.0771. The molecule has 2 nitrogen and oxygen atoms in total. The Bertz CT molecular complexity index is 253. The summed E-state index contributed by atoms with van der Waals surface area (Å²) < 4.78 is 47.1. The normalized spacial score (nSPS) is 29.1. The second-order valence-corrected chi connectivity index (χ2v) is 5.81. The first-order valence-electron chi connectivity index (χ1n) is 3.91. The standard InChI is InChI=1S/C7H12F2O2S/c1-7(8,9)5-6-3-2-4-12(6,10)11/h6H,2-5H2,1H3. The molecule has 0 saturated carbocycles. The fourth-order valence-electron chi connectivity index (χ4n) is 1.49. The van der Waals surface area contributed by atoms with Crippen molar-refractivity contribution >= 4 is 9.84 Å². The molecule has 1 aliphatic heterocycles. The van der Waals surface area contributed by atoms with E-state index in [0.29, 0.717) is 12.8 Å². The van der Waals surface area contributed by atoms with Gasteiger partial charge in [-0.15, -0.1) is 0 Å². The second-order valence-electron chi connectivity index (χ2n) is 3.41. The summed E-state index contributed by atoms with van der Waals surface area (Å²) in [6, 6.07) is 0. The van der Waals surface area contributed by atoms with Crippen LogP contribution in [0.25, 0.3) is 0 Å². The summed E-state index contributed by atoms with van der Waals surface area (Å²) >= 11 is 0. The van der Waals surface area contributed by atoms with Crippen LogP contribution in [0.4, 0.5) is 8.78 Å². The summed E-state index contributed by atoms with van der Waals surface area (Å²) in [6.45, 7) is 0.765. The van der Waals surface area contributed by atoms with Gasteiger partial charge < -0.3 is 0 Å². The highest BCUT2D eigenvalue weighted by Gasteiger charge is 2.37. The van der Waals surface area contributed by atoms with Gasteiger partial charge >= 0.3 is 0 Å². The first-order valence-corrected chi connectivity index (χ1v) is 5.62. The Morgan fingerprint density at radius 1 is 1.50 bits per heavy atom. The summed E-state index contributed by atoms with van der Waals surface area (Å²) in [6.07, 6.45) is 0.407. The zero-order chi connectivity index (χ0) is 9.41. The predicted octanol–water partition coefficient (Wildman–Crippen LogP) is 1.61. The highest BCUT2D eigenvalue weighted by Crippen LogP contribution is 2.30. The van der Waals surface area contributed by atoms with E-state index >= 15 is 0 Å². The fourth-order valence-corrected chi connectivity index (χ4v) is 3.46. The summed E-state index contributed by atoms with van der Waals surface area (Å²) in [5.41, 5.74) is 0. The lowest BCUT2D eigenvalue weighted by atomic mass is 10.1. The van der Waals surface area contributed by atoms with E-state index in [1.807, 2.05) is 0 Å². The Morgan fingerprint density at radius 2 is 2.08 bits per heavy atom. The van der Waals surface area contributed by atoms with E-state index in [2.05, 4.69) is 0 Å². The zero-order valence-electron chi connectivity index (χ0n) is 6.89. The van der Waals surface area contributed by atoms with Crippen molar-refractivity contribution in [2.45, 2.75) is 37.4 Å². The average Bonchev–Trinajstić information content (AvgIpc) is 2.07. The molecule has 0 aromatic rings. The highest BCUT2D eigenvalue weighted by molar-refractivity contribution is 7.92. The van der Waals surface area contributed by atoms with Gasteiger partial charge in [-0.2, -0.15) is 0 Å². The van der Waals surface area contributed by atoms with Gasteiger partial charge in [0.1, 0.15) is 0 Å². The van der Waals surface area contributed by atoms with Crippen LogP contribution in [-0.2, 0) is 9.84 Å². The summed E-state index contributed by atoms with van der Waals surface area (Å²) in [5, 5.41) is -0.808. The number of hydrogen-bond donors (Lipinski definition) is 0. The number of sulfone groups is 1. The molecule has 0 amide bonds. The lowest BCUT2D eigenvalue weighted by Gasteiger charge is -2.14. The maximum absolute atomic E-state index is 12.5. The molecular formula is C7H12F2O2S. The molecule has 1 fully saturated rings. The van der Waals surface area contributed by atoms with Gasteiger partial charge in [-0.1, -0.05) is 0 Å². The lowest BCUT2D eigenvalue weighted by molar-refractivity contribution is 0.0120. The lowest BCUT2D eigenvalue weighted by Crippen LogP contribution is -2.24. The maximum atomic E-state index is 12.5. The van der Waals surface area contributed by atoms with Crippen molar-refractivity contribution in [3.8, 4) is 0 Å². The Hall–Kier alpha value is -0.190. The van der Waals surface area contributed by atoms with Crippen LogP contribution in [0.5, 0.6) is 0 Å². The van der Waals surface area contributed by atoms with Crippen LogP contribution in [-0.4, -0.2) is 25.3 Å². The molecule has 1 atom stereocenters. The fraction of sp³-hybridized carbons (Fsp3) is 1.00. The van der Waals surface area contributed by atoms with E-state index in [4.69, 9.17) is 0 Å². The first-order chi connectivity index (χ1) is 5.31. The van der Waals surface area contributed by atoms with E-state index in [1.165, 1.54) is 0 Å². The van der Waals surface area contributed by atoms with Crippen LogP contribution in [0.1, 0.15) is 26.2 Å². The van der Waals surface area contributed by atoms with Crippen molar-refractivity contribution in [2.75, 3.05) is 5.75 Å². The molecular weight excluding hydrogens is 186 g/mol. The van der Waals surface area contributed by atoms with Crippen molar-refractivity contribution in [1.82, 2.24) is 0 Å². The van der Waals surface area contributed by atoms with E-state index in [1.54, 1.807) is 0 Å². The van der Waals surface area contributed by atoms with Gasteiger partial charge in [0.25, 0.3) is 0 Å². The quantitative estimate of drug-likeness (QED) is 0.675. The molecule has 0 aromatic carbocycles. The second kappa shape index (κ2) is 2.94. The molecule has 0 N–H and O–H groups in total. The van der Waals surface area contributed by atoms with Crippen LogP contribution in [0.3, 0.4) is 0 Å². The summed E-state index contributed by atoms with van der Waals surface area (Å²) in [7, 11) is -3.20. The Labute approximate surface area is 70.9 Å². The number of rotatable bonds is 2. The van der Waals surface area contributed by atoms with Crippen LogP contribution in [0.15, 0.2) is 0 Å². The van der Waals surface area contributed by atoms with Crippen molar-refractivity contribution in [3.63, 3.8) is 0 Å². The summed E-state index contributed by atoms with van der Waals surface area (Å²) in [4.78, 5) is 0. The molecule has 72 valence electrons. The zero-order valence-corrected chi connectivity index (χ0v) is 7.70. The third kappa shape index (κ3) is 2.40. The van der Waals surface area contributed by atoms with Gasteiger partial charge in [-0.25, -0.2) is 17.2 Å². The van der Waals surface area contributed by atoms with Crippen molar-refractivity contribution < 1.29 is 17.2 Å².